The van der Waals surface area contributed by atoms with E-state index in [2.05, 4.69) is 9.97 Å². The molecule has 0 radical (unpaired) electrons. The van der Waals surface area contributed by atoms with Crippen LogP contribution in [0.1, 0.15) is 11.9 Å². The zero-order valence-corrected chi connectivity index (χ0v) is 7.42. The van der Waals surface area contributed by atoms with Gasteiger partial charge in [0.15, 0.2) is 0 Å². The van der Waals surface area contributed by atoms with Crippen LogP contribution in [0.25, 0.3) is 11.0 Å². The van der Waals surface area contributed by atoms with E-state index < -0.39 is 18.1 Å². The van der Waals surface area contributed by atoms with Gasteiger partial charge >= 0.3 is 6.18 Å². The largest absolute Gasteiger partial charge is 0.421 e. The van der Waals surface area contributed by atoms with Crippen molar-refractivity contribution in [3.63, 3.8) is 0 Å². The van der Waals surface area contributed by atoms with Crippen LogP contribution in [-0.4, -0.2) is 21.3 Å². The molecule has 0 aliphatic heterocycles. The summed E-state index contributed by atoms with van der Waals surface area (Å²) in [6, 6.07) is 6.49. The number of halogens is 3. The lowest BCUT2D eigenvalue weighted by Crippen LogP contribution is -2.21. The van der Waals surface area contributed by atoms with Crippen LogP contribution in [0.4, 0.5) is 13.2 Å². The fraction of sp³-hybridized carbons (Fsp3) is 0.222. The van der Waals surface area contributed by atoms with Crippen molar-refractivity contribution in [1.82, 2.24) is 9.97 Å². The van der Waals surface area contributed by atoms with Gasteiger partial charge in [-0.05, 0) is 12.1 Å². The summed E-state index contributed by atoms with van der Waals surface area (Å²) in [6.45, 7) is 0. The van der Waals surface area contributed by atoms with Crippen molar-refractivity contribution in [1.29, 1.82) is 0 Å². The maximum absolute atomic E-state index is 12.2. The summed E-state index contributed by atoms with van der Waals surface area (Å²) in [7, 11) is 0. The number of benzene rings is 1. The highest BCUT2D eigenvalue weighted by atomic mass is 19.4. The highest BCUT2D eigenvalue weighted by Gasteiger charge is 2.41. The van der Waals surface area contributed by atoms with Gasteiger partial charge < -0.3 is 10.1 Å². The normalized spacial score (nSPS) is 14.4. The van der Waals surface area contributed by atoms with Crippen molar-refractivity contribution >= 4 is 11.0 Å². The predicted molar refractivity (Wildman–Crippen MR) is 47.1 cm³/mol. The van der Waals surface area contributed by atoms with Gasteiger partial charge in [-0.1, -0.05) is 12.1 Å². The minimum absolute atomic E-state index is 0.399. The Morgan fingerprint density at radius 1 is 1.27 bits per heavy atom. The fourth-order valence-electron chi connectivity index (χ4n) is 1.26. The number of H-pyrrole nitrogens is 1. The quantitative estimate of drug-likeness (QED) is 0.767. The average Bonchev–Trinajstić information content (AvgIpc) is 2.58. The second-order valence-electron chi connectivity index (χ2n) is 3.08. The molecular formula is C9H7F3N2O. The Morgan fingerprint density at radius 2 is 1.93 bits per heavy atom. The Kier molecular flexibility index (Phi) is 2.15. The van der Waals surface area contributed by atoms with Crippen molar-refractivity contribution in [3.8, 4) is 0 Å². The van der Waals surface area contributed by atoms with Crippen molar-refractivity contribution in [2.45, 2.75) is 12.3 Å². The van der Waals surface area contributed by atoms with Crippen molar-refractivity contribution < 1.29 is 18.3 Å². The standard InChI is InChI=1S/C9H7F3N2O/c10-9(11,12)7(15)8-13-5-3-1-2-4-6(5)14-8/h1-4,7,15H,(H,13,14). The topological polar surface area (TPSA) is 48.9 Å². The molecule has 1 aromatic carbocycles. The van der Waals surface area contributed by atoms with E-state index in [9.17, 15) is 13.2 Å². The van der Waals surface area contributed by atoms with Gasteiger partial charge in [0.25, 0.3) is 0 Å². The van der Waals surface area contributed by atoms with Crippen LogP contribution in [0, 0.1) is 0 Å². The number of hydrogen-bond acceptors (Lipinski definition) is 2. The SMILES string of the molecule is OC(c1nc2ccccc2[nH]1)C(F)(F)F. The number of imidazole rings is 1. The molecule has 0 saturated carbocycles. The van der Waals surface area contributed by atoms with E-state index in [1.165, 1.54) is 0 Å². The number of para-hydroxylation sites is 2. The maximum atomic E-state index is 12.2. The van der Waals surface area contributed by atoms with Gasteiger partial charge in [-0.15, -0.1) is 0 Å². The highest BCUT2D eigenvalue weighted by molar-refractivity contribution is 5.74. The van der Waals surface area contributed by atoms with Crippen LogP contribution >= 0.6 is 0 Å². The number of alkyl halides is 3. The van der Waals surface area contributed by atoms with E-state index in [1.807, 2.05) is 0 Å². The summed E-state index contributed by atoms with van der Waals surface area (Å²) in [4.78, 5) is 6.07. The summed E-state index contributed by atoms with van der Waals surface area (Å²) in [5.74, 6) is -0.483. The summed E-state index contributed by atoms with van der Waals surface area (Å²) in [5.41, 5.74) is 0.867. The summed E-state index contributed by atoms with van der Waals surface area (Å²) in [6.07, 6.45) is -7.27. The molecule has 0 aliphatic rings. The first-order valence-electron chi connectivity index (χ1n) is 4.18. The Morgan fingerprint density at radius 3 is 2.53 bits per heavy atom. The summed E-state index contributed by atoms with van der Waals surface area (Å²) < 4.78 is 36.5. The van der Waals surface area contributed by atoms with Crippen molar-refractivity contribution in [3.05, 3.63) is 30.1 Å². The molecule has 80 valence electrons. The molecule has 0 saturated heterocycles. The smallest absolute Gasteiger partial charge is 0.377 e. The highest BCUT2D eigenvalue weighted by Crippen LogP contribution is 2.31. The number of aliphatic hydroxyl groups excluding tert-OH is 1. The molecule has 1 heterocycles. The molecule has 6 heteroatoms. The van der Waals surface area contributed by atoms with Crippen molar-refractivity contribution in [2.24, 2.45) is 0 Å². The monoisotopic (exact) mass is 216 g/mol. The number of aliphatic hydroxyl groups is 1. The Balaban J connectivity index is 2.45. The third-order valence-electron chi connectivity index (χ3n) is 1.98. The third-order valence-corrected chi connectivity index (χ3v) is 1.98. The molecule has 2 N–H and O–H groups in total. The fourth-order valence-corrected chi connectivity index (χ4v) is 1.26. The lowest BCUT2D eigenvalue weighted by Gasteiger charge is -2.10. The minimum Gasteiger partial charge on any atom is -0.377 e. The lowest BCUT2D eigenvalue weighted by molar-refractivity contribution is -0.208. The first kappa shape index (κ1) is 9.97. The van der Waals surface area contributed by atoms with Crippen LogP contribution < -0.4 is 0 Å². The summed E-state index contributed by atoms with van der Waals surface area (Å²) in [5, 5.41) is 8.94. The number of nitrogens with one attached hydrogen (secondary N) is 1. The van der Waals surface area contributed by atoms with Gasteiger partial charge in [0.1, 0.15) is 5.82 Å². The Hall–Kier alpha value is -1.56. The number of aromatic amines is 1. The zero-order chi connectivity index (χ0) is 11.1. The van der Waals surface area contributed by atoms with E-state index in [4.69, 9.17) is 5.11 Å². The second-order valence-corrected chi connectivity index (χ2v) is 3.08. The number of aromatic nitrogens is 2. The van der Waals surface area contributed by atoms with E-state index >= 15 is 0 Å². The summed E-state index contributed by atoms with van der Waals surface area (Å²) >= 11 is 0. The second kappa shape index (κ2) is 3.23. The molecule has 1 unspecified atom stereocenters. The third kappa shape index (κ3) is 1.80. The van der Waals surface area contributed by atoms with Gasteiger partial charge in [0.2, 0.25) is 6.10 Å². The zero-order valence-electron chi connectivity index (χ0n) is 7.42. The maximum Gasteiger partial charge on any atom is 0.421 e. The van der Waals surface area contributed by atoms with Gasteiger partial charge in [-0.3, -0.25) is 0 Å². The molecule has 3 nitrogen and oxygen atoms in total. The van der Waals surface area contributed by atoms with Crippen molar-refractivity contribution in [2.75, 3.05) is 0 Å². The van der Waals surface area contributed by atoms with Gasteiger partial charge in [0.05, 0.1) is 11.0 Å². The van der Waals surface area contributed by atoms with E-state index in [-0.39, 0.29) is 0 Å². The van der Waals surface area contributed by atoms with E-state index in [1.54, 1.807) is 24.3 Å². The van der Waals surface area contributed by atoms with Crippen LogP contribution in [-0.2, 0) is 0 Å². The lowest BCUT2D eigenvalue weighted by atomic mass is 10.3. The first-order valence-corrected chi connectivity index (χ1v) is 4.18. The predicted octanol–water partition coefficient (Wildman–Crippen LogP) is 2.16. The molecule has 2 aromatic rings. The molecule has 0 amide bonds. The molecule has 1 aromatic heterocycles. The van der Waals surface area contributed by atoms with Crippen LogP contribution in [0.15, 0.2) is 24.3 Å². The minimum atomic E-state index is -4.70. The van der Waals surface area contributed by atoms with Crippen LogP contribution in [0.5, 0.6) is 0 Å². The Bertz CT molecular complexity index is 444. The Labute approximate surface area is 82.6 Å². The van der Waals surface area contributed by atoms with Crippen LogP contribution in [0.2, 0.25) is 0 Å². The van der Waals surface area contributed by atoms with Gasteiger partial charge in [0, 0.05) is 0 Å². The van der Waals surface area contributed by atoms with Gasteiger partial charge in [-0.2, -0.15) is 13.2 Å². The number of hydrogen-bond donors (Lipinski definition) is 2. The first-order chi connectivity index (χ1) is 6.98. The number of fused-ring (bicyclic) bond motifs is 1. The molecule has 2 rings (SSSR count). The van der Waals surface area contributed by atoms with Crippen LogP contribution in [0.3, 0.4) is 0 Å². The molecule has 15 heavy (non-hydrogen) atoms. The van der Waals surface area contributed by atoms with Gasteiger partial charge in [-0.25, -0.2) is 4.98 Å². The molecule has 0 bridgehead atoms. The van der Waals surface area contributed by atoms with E-state index in [0.29, 0.717) is 11.0 Å². The molecule has 0 aliphatic carbocycles. The molecule has 0 spiro atoms. The molecular weight excluding hydrogens is 209 g/mol. The number of nitrogens with zero attached hydrogens (tertiary/aromatic N) is 1. The molecule has 1 atom stereocenters. The number of rotatable bonds is 1. The van der Waals surface area contributed by atoms with E-state index in [0.717, 1.165) is 0 Å². The average molecular weight is 216 g/mol. The molecule has 0 fully saturated rings.